The zero-order valence-electron chi connectivity index (χ0n) is 18.5. The number of hydrogen-bond acceptors (Lipinski definition) is 2. The van der Waals surface area contributed by atoms with Crippen molar-refractivity contribution in [2.24, 2.45) is 0 Å². The molecule has 3 nitrogen and oxygen atoms in total. The maximum atomic E-state index is 13.5. The molecule has 0 N–H and O–H groups in total. The molecule has 1 aliphatic rings. The summed E-state index contributed by atoms with van der Waals surface area (Å²) in [6.45, 7) is 7.47. The van der Waals surface area contributed by atoms with Gasteiger partial charge in [-0.3, -0.25) is 9.69 Å². The van der Waals surface area contributed by atoms with Crippen LogP contribution in [0.2, 0.25) is 10.0 Å². The van der Waals surface area contributed by atoms with Gasteiger partial charge >= 0.3 is 0 Å². The van der Waals surface area contributed by atoms with Gasteiger partial charge in [0.2, 0.25) is 0 Å². The predicted molar refractivity (Wildman–Crippen MR) is 133 cm³/mol. The number of halogens is 2. The SMILES string of the molecule is Cc1ccc(C[C@@H]2CN(Cc3ccccc3)CCN2C(=O)c2cc(Cl)cc(Cl)c2)cc1C. The van der Waals surface area contributed by atoms with E-state index in [0.717, 1.165) is 26.1 Å². The minimum Gasteiger partial charge on any atom is -0.333 e. The monoisotopic (exact) mass is 466 g/mol. The second-order valence-corrected chi connectivity index (χ2v) is 9.53. The fourth-order valence-corrected chi connectivity index (χ4v) is 4.92. The highest BCUT2D eigenvalue weighted by Gasteiger charge is 2.31. The number of nitrogens with zero attached hydrogens (tertiary/aromatic N) is 2. The Morgan fingerprint density at radius 1 is 0.875 bits per heavy atom. The topological polar surface area (TPSA) is 23.6 Å². The molecule has 4 rings (SSSR count). The maximum Gasteiger partial charge on any atom is 0.254 e. The van der Waals surface area contributed by atoms with Crippen LogP contribution in [0.15, 0.2) is 66.7 Å². The Morgan fingerprint density at radius 3 is 2.28 bits per heavy atom. The summed E-state index contributed by atoms with van der Waals surface area (Å²) in [6.07, 6.45) is 0.812. The second-order valence-electron chi connectivity index (χ2n) is 8.65. The van der Waals surface area contributed by atoms with Gasteiger partial charge in [-0.2, -0.15) is 0 Å². The van der Waals surface area contributed by atoms with E-state index in [1.54, 1.807) is 18.2 Å². The van der Waals surface area contributed by atoms with Gasteiger partial charge in [0.25, 0.3) is 5.91 Å². The fraction of sp³-hybridized carbons (Fsp3) is 0.296. The van der Waals surface area contributed by atoms with Crippen molar-refractivity contribution in [3.05, 3.63) is 105 Å². The minimum absolute atomic E-state index is 0.0115. The highest BCUT2D eigenvalue weighted by atomic mass is 35.5. The summed E-state index contributed by atoms with van der Waals surface area (Å²) in [5, 5.41) is 0.962. The van der Waals surface area contributed by atoms with E-state index >= 15 is 0 Å². The zero-order chi connectivity index (χ0) is 22.7. The molecule has 1 amide bonds. The molecule has 3 aromatic carbocycles. The molecule has 0 bridgehead atoms. The average molecular weight is 467 g/mol. The van der Waals surface area contributed by atoms with E-state index in [-0.39, 0.29) is 11.9 Å². The molecule has 1 saturated heterocycles. The number of rotatable bonds is 5. The summed E-state index contributed by atoms with van der Waals surface area (Å²) in [7, 11) is 0. The van der Waals surface area contributed by atoms with Crippen molar-refractivity contribution in [3.8, 4) is 0 Å². The third kappa shape index (κ3) is 5.53. The number of benzene rings is 3. The number of hydrogen-bond donors (Lipinski definition) is 0. The van der Waals surface area contributed by atoms with Crippen molar-refractivity contribution in [1.82, 2.24) is 9.80 Å². The predicted octanol–water partition coefficient (Wildman–Crippen LogP) is 6.18. The third-order valence-electron chi connectivity index (χ3n) is 6.23. The number of carbonyl (C=O) groups is 1. The van der Waals surface area contributed by atoms with Crippen molar-refractivity contribution < 1.29 is 4.79 Å². The van der Waals surface area contributed by atoms with Gasteiger partial charge < -0.3 is 4.90 Å². The molecular weight excluding hydrogens is 439 g/mol. The number of piperazine rings is 1. The number of aryl methyl sites for hydroxylation is 2. The molecule has 0 radical (unpaired) electrons. The van der Waals surface area contributed by atoms with E-state index in [4.69, 9.17) is 23.2 Å². The van der Waals surface area contributed by atoms with Gasteiger partial charge in [-0.25, -0.2) is 0 Å². The first kappa shape index (κ1) is 22.8. The van der Waals surface area contributed by atoms with Gasteiger partial charge in [0.05, 0.1) is 0 Å². The Labute approximate surface area is 200 Å². The first-order valence-electron chi connectivity index (χ1n) is 11.0. The van der Waals surface area contributed by atoms with Gasteiger partial charge in [0.1, 0.15) is 0 Å². The van der Waals surface area contributed by atoms with E-state index in [0.29, 0.717) is 22.2 Å². The molecular formula is C27H28Cl2N2O. The molecule has 3 aromatic rings. The van der Waals surface area contributed by atoms with Crippen LogP contribution in [0.5, 0.6) is 0 Å². The summed E-state index contributed by atoms with van der Waals surface area (Å²) >= 11 is 12.4. The summed E-state index contributed by atoms with van der Waals surface area (Å²) in [5.41, 5.74) is 5.65. The second kappa shape index (κ2) is 10.1. The van der Waals surface area contributed by atoms with Crippen LogP contribution in [-0.2, 0) is 13.0 Å². The summed E-state index contributed by atoms with van der Waals surface area (Å²) in [6, 6.07) is 22.2. The summed E-state index contributed by atoms with van der Waals surface area (Å²) in [4.78, 5) is 17.9. The maximum absolute atomic E-state index is 13.5. The Balaban J connectivity index is 1.58. The molecule has 1 fully saturated rings. The molecule has 5 heteroatoms. The van der Waals surface area contributed by atoms with E-state index in [9.17, 15) is 4.79 Å². The van der Waals surface area contributed by atoms with Crippen LogP contribution >= 0.6 is 23.2 Å². The van der Waals surface area contributed by atoms with Crippen molar-refractivity contribution in [2.45, 2.75) is 32.9 Å². The highest BCUT2D eigenvalue weighted by molar-refractivity contribution is 6.35. The van der Waals surface area contributed by atoms with Crippen molar-refractivity contribution in [2.75, 3.05) is 19.6 Å². The van der Waals surface area contributed by atoms with E-state index in [2.05, 4.69) is 61.2 Å². The third-order valence-corrected chi connectivity index (χ3v) is 6.67. The normalized spacial score (nSPS) is 16.9. The Kier molecular flexibility index (Phi) is 7.20. The van der Waals surface area contributed by atoms with Crippen molar-refractivity contribution in [1.29, 1.82) is 0 Å². The van der Waals surface area contributed by atoms with Crippen LogP contribution < -0.4 is 0 Å². The van der Waals surface area contributed by atoms with Crippen LogP contribution in [0.1, 0.15) is 32.6 Å². The lowest BCUT2D eigenvalue weighted by atomic mass is 9.97. The summed E-state index contributed by atoms with van der Waals surface area (Å²) in [5.74, 6) is -0.0115. The lowest BCUT2D eigenvalue weighted by Crippen LogP contribution is -2.55. The standard InChI is InChI=1S/C27H28Cl2N2O/c1-19-8-9-22(12-20(19)2)13-26-18-30(17-21-6-4-3-5-7-21)10-11-31(26)27(32)23-14-24(28)16-25(29)15-23/h3-9,12,14-16,26H,10-11,13,17-18H2,1-2H3/t26-/m1/s1. The molecule has 0 aliphatic carbocycles. The molecule has 166 valence electrons. The fourth-order valence-electron chi connectivity index (χ4n) is 4.39. The molecule has 0 saturated carbocycles. The van der Waals surface area contributed by atoms with Crippen molar-refractivity contribution in [3.63, 3.8) is 0 Å². The molecule has 1 aliphatic heterocycles. The van der Waals surface area contributed by atoms with Crippen LogP contribution in [0.4, 0.5) is 0 Å². The van der Waals surface area contributed by atoms with Gasteiger partial charge in [0.15, 0.2) is 0 Å². The van der Waals surface area contributed by atoms with Gasteiger partial charge in [-0.05, 0) is 60.7 Å². The van der Waals surface area contributed by atoms with Crippen LogP contribution in [0.3, 0.4) is 0 Å². The van der Waals surface area contributed by atoms with E-state index in [1.807, 2.05) is 11.0 Å². The van der Waals surface area contributed by atoms with Crippen LogP contribution in [-0.4, -0.2) is 41.4 Å². The lowest BCUT2D eigenvalue weighted by molar-refractivity contribution is 0.0439. The first-order chi connectivity index (χ1) is 15.4. The average Bonchev–Trinajstić information content (AvgIpc) is 2.76. The Morgan fingerprint density at radius 2 is 1.59 bits per heavy atom. The molecule has 0 unspecified atom stereocenters. The quantitative estimate of drug-likeness (QED) is 0.448. The molecule has 32 heavy (non-hydrogen) atoms. The van der Waals surface area contributed by atoms with Gasteiger partial charge in [-0.15, -0.1) is 0 Å². The minimum atomic E-state index is -0.0115. The molecule has 1 atom stereocenters. The largest absolute Gasteiger partial charge is 0.333 e. The smallest absolute Gasteiger partial charge is 0.254 e. The highest BCUT2D eigenvalue weighted by Crippen LogP contribution is 2.24. The molecule has 1 heterocycles. The Bertz CT molecular complexity index is 1080. The number of amides is 1. The van der Waals surface area contributed by atoms with E-state index in [1.165, 1.54) is 22.3 Å². The van der Waals surface area contributed by atoms with Crippen LogP contribution in [0.25, 0.3) is 0 Å². The summed E-state index contributed by atoms with van der Waals surface area (Å²) < 4.78 is 0. The van der Waals surface area contributed by atoms with Gasteiger partial charge in [-0.1, -0.05) is 71.7 Å². The van der Waals surface area contributed by atoms with Crippen molar-refractivity contribution >= 4 is 29.1 Å². The van der Waals surface area contributed by atoms with Gasteiger partial charge in [0, 0.05) is 47.8 Å². The number of carbonyl (C=O) groups excluding carboxylic acids is 1. The first-order valence-corrected chi connectivity index (χ1v) is 11.7. The van der Waals surface area contributed by atoms with Crippen LogP contribution in [0, 0.1) is 13.8 Å². The molecule has 0 aromatic heterocycles. The molecule has 0 spiro atoms. The lowest BCUT2D eigenvalue weighted by Gasteiger charge is -2.42. The zero-order valence-corrected chi connectivity index (χ0v) is 20.0. The van der Waals surface area contributed by atoms with E-state index < -0.39 is 0 Å². The Hall–Kier alpha value is -2.33.